The van der Waals surface area contributed by atoms with Crippen molar-refractivity contribution in [2.45, 2.75) is 38.6 Å². The zero-order valence-electron chi connectivity index (χ0n) is 15.7. The van der Waals surface area contributed by atoms with E-state index in [0.29, 0.717) is 12.0 Å². The summed E-state index contributed by atoms with van der Waals surface area (Å²) >= 11 is 1.75. The molecule has 1 aliphatic heterocycles. The van der Waals surface area contributed by atoms with Crippen molar-refractivity contribution in [3.8, 4) is 0 Å². The van der Waals surface area contributed by atoms with Crippen molar-refractivity contribution in [1.29, 1.82) is 0 Å². The van der Waals surface area contributed by atoms with E-state index in [2.05, 4.69) is 63.3 Å². The first kappa shape index (κ1) is 18.7. The molecule has 2 aromatic rings. The SMILES string of the molecule is CCNC(=NCC(C)c1ccsc1)NC1CCN(c2ccccn2)CC1. The van der Waals surface area contributed by atoms with Gasteiger partial charge in [-0.1, -0.05) is 13.0 Å². The van der Waals surface area contributed by atoms with E-state index >= 15 is 0 Å². The fraction of sp³-hybridized carbons (Fsp3) is 0.500. The lowest BCUT2D eigenvalue weighted by Crippen LogP contribution is -2.49. The first-order valence-electron chi connectivity index (χ1n) is 9.49. The van der Waals surface area contributed by atoms with Crippen LogP contribution >= 0.6 is 11.3 Å². The Kier molecular flexibility index (Phi) is 6.89. The summed E-state index contributed by atoms with van der Waals surface area (Å²) in [5.74, 6) is 2.46. The number of pyridine rings is 1. The molecular formula is C20H29N5S. The van der Waals surface area contributed by atoms with Crippen LogP contribution in [0.25, 0.3) is 0 Å². The largest absolute Gasteiger partial charge is 0.357 e. The lowest BCUT2D eigenvalue weighted by atomic mass is 10.0. The lowest BCUT2D eigenvalue weighted by Gasteiger charge is -2.33. The highest BCUT2D eigenvalue weighted by atomic mass is 32.1. The Hall–Kier alpha value is -2.08. The Morgan fingerprint density at radius 2 is 2.19 bits per heavy atom. The van der Waals surface area contributed by atoms with E-state index in [1.807, 2.05) is 12.3 Å². The van der Waals surface area contributed by atoms with Crippen LogP contribution in [0.4, 0.5) is 5.82 Å². The molecule has 140 valence electrons. The minimum atomic E-state index is 0.447. The summed E-state index contributed by atoms with van der Waals surface area (Å²) in [6.45, 7) is 8.09. The molecule has 26 heavy (non-hydrogen) atoms. The van der Waals surface area contributed by atoms with Gasteiger partial charge in [0.15, 0.2) is 5.96 Å². The Morgan fingerprint density at radius 3 is 2.85 bits per heavy atom. The number of guanidine groups is 1. The molecule has 6 heteroatoms. The molecule has 1 fully saturated rings. The molecule has 1 atom stereocenters. The van der Waals surface area contributed by atoms with Gasteiger partial charge in [-0.05, 0) is 54.3 Å². The molecule has 0 bridgehead atoms. The third-order valence-corrected chi connectivity index (χ3v) is 5.49. The predicted octanol–water partition coefficient (Wildman–Crippen LogP) is 3.47. The molecule has 0 amide bonds. The minimum absolute atomic E-state index is 0.447. The number of thiophene rings is 1. The van der Waals surface area contributed by atoms with Crippen LogP contribution in [0.5, 0.6) is 0 Å². The number of hydrogen-bond acceptors (Lipinski definition) is 4. The smallest absolute Gasteiger partial charge is 0.191 e. The summed E-state index contributed by atoms with van der Waals surface area (Å²) in [4.78, 5) is 11.6. The molecule has 1 saturated heterocycles. The number of rotatable bonds is 6. The number of hydrogen-bond donors (Lipinski definition) is 2. The van der Waals surface area contributed by atoms with Crippen molar-refractivity contribution < 1.29 is 0 Å². The minimum Gasteiger partial charge on any atom is -0.357 e. The van der Waals surface area contributed by atoms with Gasteiger partial charge in [0.25, 0.3) is 0 Å². The fourth-order valence-electron chi connectivity index (χ4n) is 3.20. The number of nitrogens with zero attached hydrogens (tertiary/aromatic N) is 3. The number of piperidine rings is 1. The highest BCUT2D eigenvalue weighted by molar-refractivity contribution is 7.07. The van der Waals surface area contributed by atoms with Crippen LogP contribution in [0.2, 0.25) is 0 Å². The van der Waals surface area contributed by atoms with E-state index in [9.17, 15) is 0 Å². The van der Waals surface area contributed by atoms with E-state index in [1.165, 1.54) is 5.56 Å². The van der Waals surface area contributed by atoms with E-state index < -0.39 is 0 Å². The summed E-state index contributed by atoms with van der Waals surface area (Å²) in [5, 5.41) is 11.4. The predicted molar refractivity (Wildman–Crippen MR) is 111 cm³/mol. The van der Waals surface area contributed by atoms with Gasteiger partial charge in [0.2, 0.25) is 0 Å². The van der Waals surface area contributed by atoms with Gasteiger partial charge < -0.3 is 15.5 Å². The maximum Gasteiger partial charge on any atom is 0.191 e. The molecule has 0 radical (unpaired) electrons. The summed E-state index contributed by atoms with van der Waals surface area (Å²) in [7, 11) is 0. The fourth-order valence-corrected chi connectivity index (χ4v) is 3.98. The average Bonchev–Trinajstić information content (AvgIpc) is 3.22. The molecule has 0 aliphatic carbocycles. The molecule has 0 aromatic carbocycles. The summed E-state index contributed by atoms with van der Waals surface area (Å²) < 4.78 is 0. The quantitative estimate of drug-likeness (QED) is 0.603. The van der Waals surface area contributed by atoms with Crippen molar-refractivity contribution in [1.82, 2.24) is 15.6 Å². The van der Waals surface area contributed by atoms with E-state index in [1.54, 1.807) is 11.3 Å². The van der Waals surface area contributed by atoms with Gasteiger partial charge in [-0.3, -0.25) is 4.99 Å². The van der Waals surface area contributed by atoms with Crippen LogP contribution in [0, 0.1) is 0 Å². The molecule has 5 nitrogen and oxygen atoms in total. The monoisotopic (exact) mass is 371 g/mol. The van der Waals surface area contributed by atoms with Crippen molar-refractivity contribution in [2.24, 2.45) is 4.99 Å². The second-order valence-corrected chi connectivity index (χ2v) is 7.55. The summed E-state index contributed by atoms with van der Waals surface area (Å²) in [5.41, 5.74) is 1.37. The molecule has 0 saturated carbocycles. The van der Waals surface area contributed by atoms with Crippen LogP contribution in [0.3, 0.4) is 0 Å². The maximum atomic E-state index is 4.81. The van der Waals surface area contributed by atoms with Crippen molar-refractivity contribution >= 4 is 23.1 Å². The summed E-state index contributed by atoms with van der Waals surface area (Å²) in [6, 6.07) is 8.76. The third kappa shape index (κ3) is 5.21. The third-order valence-electron chi connectivity index (χ3n) is 4.79. The van der Waals surface area contributed by atoms with Crippen molar-refractivity contribution in [3.05, 3.63) is 46.8 Å². The normalized spacial score (nSPS) is 17.2. The Labute approximate surface area is 160 Å². The van der Waals surface area contributed by atoms with E-state index in [4.69, 9.17) is 4.99 Å². The zero-order valence-corrected chi connectivity index (χ0v) is 16.5. The van der Waals surface area contributed by atoms with Gasteiger partial charge in [0.05, 0.1) is 0 Å². The van der Waals surface area contributed by atoms with Crippen LogP contribution in [0.1, 0.15) is 38.2 Å². The van der Waals surface area contributed by atoms with Crippen LogP contribution in [-0.4, -0.2) is 43.2 Å². The number of nitrogens with one attached hydrogen (secondary N) is 2. The van der Waals surface area contributed by atoms with Crippen LogP contribution < -0.4 is 15.5 Å². The average molecular weight is 372 g/mol. The molecule has 2 aromatic heterocycles. The number of aliphatic imine (C=N–C) groups is 1. The molecule has 3 heterocycles. The van der Waals surface area contributed by atoms with Gasteiger partial charge in [-0.15, -0.1) is 0 Å². The Balaban J connectivity index is 1.51. The lowest BCUT2D eigenvalue weighted by molar-refractivity contribution is 0.459. The first-order chi connectivity index (χ1) is 12.8. The van der Waals surface area contributed by atoms with Gasteiger partial charge in [0, 0.05) is 44.3 Å². The van der Waals surface area contributed by atoms with Gasteiger partial charge in [-0.2, -0.15) is 11.3 Å². The standard InChI is InChI=1S/C20H29N5S/c1-3-21-20(23-14-16(2)17-9-13-26-15-17)24-18-7-11-25(12-8-18)19-6-4-5-10-22-19/h4-6,9-10,13,15-16,18H,3,7-8,11-12,14H2,1-2H3,(H2,21,23,24). The zero-order chi connectivity index (χ0) is 18.2. The van der Waals surface area contributed by atoms with Crippen LogP contribution in [0.15, 0.2) is 46.2 Å². The molecule has 0 spiro atoms. The van der Waals surface area contributed by atoms with E-state index in [0.717, 1.165) is 50.8 Å². The van der Waals surface area contributed by atoms with Gasteiger partial charge >= 0.3 is 0 Å². The first-order valence-corrected chi connectivity index (χ1v) is 10.4. The van der Waals surface area contributed by atoms with Crippen molar-refractivity contribution in [2.75, 3.05) is 31.1 Å². The Morgan fingerprint density at radius 1 is 1.35 bits per heavy atom. The summed E-state index contributed by atoms with van der Waals surface area (Å²) in [6.07, 6.45) is 4.06. The molecule has 1 unspecified atom stereocenters. The van der Waals surface area contributed by atoms with Crippen LogP contribution in [-0.2, 0) is 0 Å². The topological polar surface area (TPSA) is 52.6 Å². The number of anilines is 1. The Bertz CT molecular complexity index is 663. The highest BCUT2D eigenvalue weighted by Gasteiger charge is 2.20. The maximum absolute atomic E-state index is 4.81. The highest BCUT2D eigenvalue weighted by Crippen LogP contribution is 2.19. The van der Waals surface area contributed by atoms with Gasteiger partial charge in [-0.25, -0.2) is 4.98 Å². The van der Waals surface area contributed by atoms with Crippen molar-refractivity contribution in [3.63, 3.8) is 0 Å². The molecular weight excluding hydrogens is 342 g/mol. The number of aromatic nitrogens is 1. The molecule has 2 N–H and O–H groups in total. The molecule has 3 rings (SSSR count). The second kappa shape index (κ2) is 9.57. The van der Waals surface area contributed by atoms with Gasteiger partial charge in [0.1, 0.15) is 5.82 Å². The molecule has 1 aliphatic rings. The van der Waals surface area contributed by atoms with E-state index in [-0.39, 0.29) is 0 Å². The second-order valence-electron chi connectivity index (χ2n) is 6.77.